The fourth-order valence-corrected chi connectivity index (χ4v) is 1.17. The van der Waals surface area contributed by atoms with E-state index in [2.05, 4.69) is 9.97 Å². The predicted molar refractivity (Wildman–Crippen MR) is 56.6 cm³/mol. The van der Waals surface area contributed by atoms with Crippen molar-refractivity contribution in [1.82, 2.24) is 9.97 Å². The van der Waals surface area contributed by atoms with Gasteiger partial charge in [0.1, 0.15) is 0 Å². The third-order valence-electron chi connectivity index (χ3n) is 1.95. The van der Waals surface area contributed by atoms with Gasteiger partial charge in [-0.15, -0.1) is 0 Å². The molecule has 0 saturated heterocycles. The van der Waals surface area contributed by atoms with Crippen molar-refractivity contribution in [2.45, 2.75) is 6.92 Å². The lowest BCUT2D eigenvalue weighted by Gasteiger charge is -2.00. The first-order valence-corrected chi connectivity index (χ1v) is 4.40. The number of nitrogen functional groups attached to an aromatic ring is 1. The second kappa shape index (κ2) is 3.46. The van der Waals surface area contributed by atoms with Gasteiger partial charge in [0.15, 0.2) is 5.82 Å². The Labute approximate surface area is 82.6 Å². The molecule has 0 aliphatic rings. The highest BCUT2D eigenvalue weighted by Crippen LogP contribution is 2.15. The molecule has 1 aromatic heterocycles. The van der Waals surface area contributed by atoms with Crippen molar-refractivity contribution in [3.05, 3.63) is 42.2 Å². The zero-order valence-electron chi connectivity index (χ0n) is 7.94. The number of nitrogens with two attached hydrogens (primary N) is 1. The van der Waals surface area contributed by atoms with Gasteiger partial charge >= 0.3 is 0 Å². The summed E-state index contributed by atoms with van der Waals surface area (Å²) in [5.41, 5.74) is 8.38. The van der Waals surface area contributed by atoms with E-state index in [1.165, 1.54) is 0 Å². The summed E-state index contributed by atoms with van der Waals surface area (Å²) in [6.07, 6.45) is 3.61. The summed E-state index contributed by atoms with van der Waals surface area (Å²) in [5.74, 6) is 0.732. The molecule has 0 atom stereocenters. The lowest BCUT2D eigenvalue weighted by Crippen LogP contribution is -1.90. The maximum Gasteiger partial charge on any atom is 0.159 e. The third-order valence-corrected chi connectivity index (χ3v) is 1.95. The van der Waals surface area contributed by atoms with Crippen molar-refractivity contribution in [1.29, 1.82) is 0 Å². The molecule has 70 valence electrons. The predicted octanol–water partition coefficient (Wildman–Crippen LogP) is 2.03. The number of aryl methyl sites for hydroxylation is 1. The van der Waals surface area contributed by atoms with Gasteiger partial charge in [-0.05, 0) is 36.8 Å². The molecular formula is C11H11N3. The average Bonchev–Trinajstić information content (AvgIpc) is 2.21. The molecule has 0 aliphatic heterocycles. The maximum atomic E-state index is 5.59. The molecule has 3 heteroatoms. The summed E-state index contributed by atoms with van der Waals surface area (Å²) in [6, 6.07) is 7.52. The molecule has 3 nitrogen and oxygen atoms in total. The largest absolute Gasteiger partial charge is 0.399 e. The fraction of sp³-hybridized carbons (Fsp3) is 0.0909. The van der Waals surface area contributed by atoms with Crippen LogP contribution < -0.4 is 5.73 Å². The Hall–Kier alpha value is -1.90. The number of hydrogen-bond donors (Lipinski definition) is 1. The Morgan fingerprint density at radius 3 is 2.14 bits per heavy atom. The number of rotatable bonds is 1. The van der Waals surface area contributed by atoms with E-state index in [9.17, 15) is 0 Å². The molecule has 0 radical (unpaired) electrons. The highest BCUT2D eigenvalue weighted by atomic mass is 14.9. The van der Waals surface area contributed by atoms with Crippen LogP contribution in [-0.4, -0.2) is 9.97 Å². The van der Waals surface area contributed by atoms with Gasteiger partial charge < -0.3 is 5.73 Å². The van der Waals surface area contributed by atoms with Gasteiger partial charge in [-0.25, -0.2) is 9.97 Å². The van der Waals surface area contributed by atoms with Crippen molar-refractivity contribution >= 4 is 5.69 Å². The minimum atomic E-state index is 0.732. The normalized spacial score (nSPS) is 10.1. The van der Waals surface area contributed by atoms with E-state index in [-0.39, 0.29) is 0 Å². The number of nitrogens with zero attached hydrogens (tertiary/aromatic N) is 2. The van der Waals surface area contributed by atoms with Gasteiger partial charge in [-0.3, -0.25) is 0 Å². The van der Waals surface area contributed by atoms with Crippen LogP contribution in [0.5, 0.6) is 0 Å². The second-order valence-electron chi connectivity index (χ2n) is 3.21. The van der Waals surface area contributed by atoms with Crippen molar-refractivity contribution in [3.63, 3.8) is 0 Å². The number of benzene rings is 1. The molecule has 0 fully saturated rings. The molecule has 14 heavy (non-hydrogen) atoms. The van der Waals surface area contributed by atoms with Crippen LogP contribution in [0.2, 0.25) is 0 Å². The summed E-state index contributed by atoms with van der Waals surface area (Å²) in [6.45, 7) is 1.97. The van der Waals surface area contributed by atoms with Crippen LogP contribution in [0.25, 0.3) is 11.4 Å². The quantitative estimate of drug-likeness (QED) is 0.691. The first kappa shape index (κ1) is 8.69. The Balaban J connectivity index is 2.40. The molecule has 0 amide bonds. The Bertz CT molecular complexity index is 374. The molecule has 2 rings (SSSR count). The molecule has 0 unspecified atom stereocenters. The van der Waals surface area contributed by atoms with Crippen LogP contribution in [0.4, 0.5) is 5.69 Å². The van der Waals surface area contributed by atoms with Crippen LogP contribution in [0.3, 0.4) is 0 Å². The molecule has 0 bridgehead atoms. The first-order chi connectivity index (χ1) is 6.75. The van der Waals surface area contributed by atoms with E-state index in [4.69, 9.17) is 5.73 Å². The summed E-state index contributed by atoms with van der Waals surface area (Å²) in [5, 5.41) is 0. The lowest BCUT2D eigenvalue weighted by atomic mass is 10.2. The van der Waals surface area contributed by atoms with Crippen molar-refractivity contribution < 1.29 is 0 Å². The molecule has 2 aromatic rings. The van der Waals surface area contributed by atoms with E-state index in [0.29, 0.717) is 0 Å². The molecule has 0 spiro atoms. The molecule has 0 aliphatic carbocycles. The van der Waals surface area contributed by atoms with Gasteiger partial charge in [0.25, 0.3) is 0 Å². The van der Waals surface area contributed by atoms with Gasteiger partial charge in [-0.1, -0.05) is 0 Å². The van der Waals surface area contributed by atoms with Crippen molar-refractivity contribution in [2.75, 3.05) is 5.73 Å². The van der Waals surface area contributed by atoms with Gasteiger partial charge in [-0.2, -0.15) is 0 Å². The van der Waals surface area contributed by atoms with E-state index >= 15 is 0 Å². The average molecular weight is 185 g/mol. The van der Waals surface area contributed by atoms with Crippen molar-refractivity contribution in [3.8, 4) is 11.4 Å². The molecular weight excluding hydrogens is 174 g/mol. The number of hydrogen-bond acceptors (Lipinski definition) is 3. The van der Waals surface area contributed by atoms with Crippen LogP contribution in [0.15, 0.2) is 36.7 Å². The van der Waals surface area contributed by atoms with E-state index in [0.717, 1.165) is 22.6 Å². The number of anilines is 1. The lowest BCUT2D eigenvalue weighted by molar-refractivity contribution is 1.14. The van der Waals surface area contributed by atoms with Crippen LogP contribution in [-0.2, 0) is 0 Å². The Morgan fingerprint density at radius 2 is 1.57 bits per heavy atom. The third kappa shape index (κ3) is 1.71. The van der Waals surface area contributed by atoms with E-state index < -0.39 is 0 Å². The topological polar surface area (TPSA) is 51.8 Å². The zero-order valence-corrected chi connectivity index (χ0v) is 7.94. The maximum absolute atomic E-state index is 5.59. The van der Waals surface area contributed by atoms with Gasteiger partial charge in [0.2, 0.25) is 0 Å². The van der Waals surface area contributed by atoms with Crippen LogP contribution >= 0.6 is 0 Å². The molecule has 1 heterocycles. The summed E-state index contributed by atoms with van der Waals surface area (Å²) >= 11 is 0. The minimum absolute atomic E-state index is 0.732. The SMILES string of the molecule is Cc1cnc(-c2ccc(N)cc2)nc1. The summed E-state index contributed by atoms with van der Waals surface area (Å²) < 4.78 is 0. The summed E-state index contributed by atoms with van der Waals surface area (Å²) in [4.78, 5) is 8.45. The van der Waals surface area contributed by atoms with Crippen LogP contribution in [0.1, 0.15) is 5.56 Å². The number of aromatic nitrogens is 2. The highest BCUT2D eigenvalue weighted by Gasteiger charge is 1.98. The second-order valence-corrected chi connectivity index (χ2v) is 3.21. The van der Waals surface area contributed by atoms with Crippen molar-refractivity contribution in [2.24, 2.45) is 0 Å². The van der Waals surface area contributed by atoms with Gasteiger partial charge in [0.05, 0.1) is 0 Å². The monoisotopic (exact) mass is 185 g/mol. The van der Waals surface area contributed by atoms with Gasteiger partial charge in [0, 0.05) is 23.6 Å². The minimum Gasteiger partial charge on any atom is -0.399 e. The molecule has 2 N–H and O–H groups in total. The first-order valence-electron chi connectivity index (χ1n) is 4.40. The Morgan fingerprint density at radius 1 is 1.00 bits per heavy atom. The molecule has 1 aromatic carbocycles. The van der Waals surface area contributed by atoms with E-state index in [1.807, 2.05) is 31.2 Å². The standard InChI is InChI=1S/C11H11N3/c1-8-6-13-11(14-7-8)9-2-4-10(12)5-3-9/h2-7H,12H2,1H3. The fourth-order valence-electron chi connectivity index (χ4n) is 1.17. The van der Waals surface area contributed by atoms with E-state index in [1.54, 1.807) is 12.4 Å². The summed E-state index contributed by atoms with van der Waals surface area (Å²) in [7, 11) is 0. The highest BCUT2D eigenvalue weighted by molar-refractivity contribution is 5.58. The Kier molecular flexibility index (Phi) is 2.14. The van der Waals surface area contributed by atoms with Crippen LogP contribution in [0, 0.1) is 6.92 Å². The molecule has 0 saturated carbocycles. The zero-order chi connectivity index (χ0) is 9.97. The smallest absolute Gasteiger partial charge is 0.159 e.